The van der Waals surface area contributed by atoms with Gasteiger partial charge in [-0.25, -0.2) is 4.79 Å². The molecular formula is C27H24N4O5. The molecule has 2 aliphatic rings. The molecule has 3 aromatic rings. The highest BCUT2D eigenvalue weighted by atomic mass is 16.7. The van der Waals surface area contributed by atoms with E-state index in [4.69, 9.17) is 9.84 Å². The van der Waals surface area contributed by atoms with E-state index < -0.39 is 6.16 Å². The highest BCUT2D eigenvalue weighted by molar-refractivity contribution is 6.72. The van der Waals surface area contributed by atoms with E-state index in [1.54, 1.807) is 30.3 Å². The number of nitrogens with zero attached hydrogens (tertiary/aromatic N) is 3. The lowest BCUT2D eigenvalue weighted by atomic mass is 10.0. The molecule has 0 aromatic heterocycles. The molecule has 1 amide bonds. The summed E-state index contributed by atoms with van der Waals surface area (Å²) < 4.78 is 4.72. The summed E-state index contributed by atoms with van der Waals surface area (Å²) in [6, 6.07) is 17.2. The van der Waals surface area contributed by atoms with Crippen molar-refractivity contribution in [2.45, 2.75) is 26.7 Å². The first-order valence-electron chi connectivity index (χ1n) is 11.5. The fraction of sp³-hybridized carbons (Fsp3) is 0.185. The molecule has 0 saturated heterocycles. The quantitative estimate of drug-likeness (QED) is 0.188. The average molecular weight is 485 g/mol. The maximum atomic E-state index is 13.3. The number of hydrogen-bond acceptors (Lipinski definition) is 7. The van der Waals surface area contributed by atoms with Crippen molar-refractivity contribution in [1.82, 2.24) is 0 Å². The Morgan fingerprint density at radius 1 is 1.08 bits per heavy atom. The minimum absolute atomic E-state index is 0.101. The topological polar surface area (TPSA) is 124 Å². The molecule has 9 heteroatoms. The van der Waals surface area contributed by atoms with Crippen molar-refractivity contribution in [3.8, 4) is 22.6 Å². The molecule has 1 aliphatic heterocycles. The number of phenols is 1. The average Bonchev–Trinajstić information content (AvgIpc) is 3.64. The van der Waals surface area contributed by atoms with Crippen LogP contribution in [0.15, 0.2) is 70.9 Å². The van der Waals surface area contributed by atoms with Gasteiger partial charge in [0.25, 0.3) is 0 Å². The molecule has 1 aliphatic carbocycles. The summed E-state index contributed by atoms with van der Waals surface area (Å²) >= 11 is 0. The molecule has 0 radical (unpaired) electrons. The second-order valence-electron chi connectivity index (χ2n) is 8.81. The second kappa shape index (κ2) is 9.18. The summed E-state index contributed by atoms with van der Waals surface area (Å²) in [4.78, 5) is 24.1. The minimum atomic E-state index is -1.42. The van der Waals surface area contributed by atoms with E-state index in [9.17, 15) is 14.7 Å². The molecule has 36 heavy (non-hydrogen) atoms. The predicted octanol–water partition coefficient (Wildman–Crippen LogP) is 5.31. The first kappa shape index (κ1) is 23.1. The van der Waals surface area contributed by atoms with Gasteiger partial charge in [0, 0.05) is 11.5 Å². The van der Waals surface area contributed by atoms with Crippen molar-refractivity contribution in [3.63, 3.8) is 0 Å². The smallest absolute Gasteiger partial charge is 0.505 e. The highest BCUT2D eigenvalue weighted by Crippen LogP contribution is 2.38. The van der Waals surface area contributed by atoms with E-state index >= 15 is 0 Å². The van der Waals surface area contributed by atoms with E-state index in [-0.39, 0.29) is 34.7 Å². The third kappa shape index (κ3) is 4.50. The SMILES string of the molecule is Cc1ccc(N2N=C(C3CC3)C(=NNc3cccc(-c4cccc(OC(=O)O)c4)c3O)C2=O)cc1C. The molecule has 0 bridgehead atoms. The van der Waals surface area contributed by atoms with E-state index in [1.165, 1.54) is 17.1 Å². The Labute approximate surface area is 207 Å². The van der Waals surface area contributed by atoms with Gasteiger partial charge in [-0.1, -0.05) is 30.3 Å². The van der Waals surface area contributed by atoms with Crippen molar-refractivity contribution in [2.24, 2.45) is 16.1 Å². The molecule has 182 valence electrons. The van der Waals surface area contributed by atoms with Crippen LogP contribution in [0.4, 0.5) is 16.2 Å². The van der Waals surface area contributed by atoms with Crippen LogP contribution in [-0.2, 0) is 4.79 Å². The number of carbonyl (C=O) groups excluding carboxylic acids is 1. The summed E-state index contributed by atoms with van der Waals surface area (Å²) in [5, 5.41) is 30.1. The number of carbonyl (C=O) groups is 2. The second-order valence-corrected chi connectivity index (χ2v) is 8.81. The molecule has 1 heterocycles. The van der Waals surface area contributed by atoms with E-state index in [0.29, 0.717) is 22.5 Å². The molecule has 0 atom stereocenters. The number of amides is 1. The van der Waals surface area contributed by atoms with Crippen molar-refractivity contribution < 1.29 is 24.5 Å². The summed E-state index contributed by atoms with van der Waals surface area (Å²) in [7, 11) is 0. The van der Waals surface area contributed by atoms with Crippen LogP contribution in [0.5, 0.6) is 11.5 Å². The highest BCUT2D eigenvalue weighted by Gasteiger charge is 2.41. The number of nitrogens with one attached hydrogen (secondary N) is 1. The van der Waals surface area contributed by atoms with Gasteiger partial charge in [-0.05, 0) is 73.7 Å². The molecule has 0 unspecified atom stereocenters. The molecular weight excluding hydrogens is 460 g/mol. The summed E-state index contributed by atoms with van der Waals surface area (Å²) in [6.07, 6.45) is 0.467. The Kier molecular flexibility index (Phi) is 5.89. The predicted molar refractivity (Wildman–Crippen MR) is 137 cm³/mol. The molecule has 0 spiro atoms. The van der Waals surface area contributed by atoms with Crippen LogP contribution in [0.2, 0.25) is 0 Å². The number of carboxylic acid groups (broad SMARTS) is 1. The summed E-state index contributed by atoms with van der Waals surface area (Å²) in [6.45, 7) is 4.00. The summed E-state index contributed by atoms with van der Waals surface area (Å²) in [5.41, 5.74) is 7.85. The number of anilines is 2. The van der Waals surface area contributed by atoms with Crippen molar-refractivity contribution in [3.05, 3.63) is 71.8 Å². The zero-order chi connectivity index (χ0) is 25.4. The zero-order valence-electron chi connectivity index (χ0n) is 19.7. The maximum absolute atomic E-state index is 13.3. The lowest BCUT2D eigenvalue weighted by Crippen LogP contribution is -2.29. The van der Waals surface area contributed by atoms with Crippen LogP contribution in [0.1, 0.15) is 24.0 Å². The van der Waals surface area contributed by atoms with Gasteiger partial charge >= 0.3 is 12.1 Å². The lowest BCUT2D eigenvalue weighted by Gasteiger charge is -2.13. The van der Waals surface area contributed by atoms with Gasteiger partial charge in [-0.15, -0.1) is 0 Å². The Bertz CT molecular complexity index is 1440. The molecule has 3 aromatic carbocycles. The van der Waals surface area contributed by atoms with Crippen molar-refractivity contribution >= 4 is 34.9 Å². The maximum Gasteiger partial charge on any atom is 0.511 e. The molecule has 9 nitrogen and oxygen atoms in total. The normalized spacial score (nSPS) is 16.3. The van der Waals surface area contributed by atoms with Crippen LogP contribution in [0, 0.1) is 19.8 Å². The van der Waals surface area contributed by atoms with Crippen LogP contribution in [-0.4, -0.2) is 33.7 Å². The standard InChI is InChI=1S/C27H24N4O5/c1-15-9-12-19(13-16(15)2)31-26(33)24(23(30-31)17-10-11-17)29-28-22-8-4-7-21(25(22)32)18-5-3-6-20(14-18)36-27(34)35/h3-9,12-14,17,28,32H,10-11H2,1-2H3,(H,34,35). The minimum Gasteiger partial charge on any atom is -0.505 e. The monoisotopic (exact) mass is 484 g/mol. The number of phenolic OH excluding ortho intramolecular Hbond substituents is 1. The number of hydrazone groups is 2. The van der Waals surface area contributed by atoms with Gasteiger partial charge in [0.2, 0.25) is 0 Å². The first-order valence-corrected chi connectivity index (χ1v) is 11.5. The van der Waals surface area contributed by atoms with Crippen LogP contribution >= 0.6 is 0 Å². The van der Waals surface area contributed by atoms with Gasteiger partial charge in [0.05, 0.1) is 17.1 Å². The van der Waals surface area contributed by atoms with Crippen molar-refractivity contribution in [2.75, 3.05) is 10.4 Å². The third-order valence-corrected chi connectivity index (χ3v) is 6.22. The molecule has 1 fully saturated rings. The van der Waals surface area contributed by atoms with E-state index in [1.807, 2.05) is 32.0 Å². The number of benzene rings is 3. The van der Waals surface area contributed by atoms with E-state index in [2.05, 4.69) is 15.6 Å². The Hall–Kier alpha value is -4.66. The van der Waals surface area contributed by atoms with Gasteiger partial charge in [0.15, 0.2) is 5.71 Å². The van der Waals surface area contributed by atoms with Gasteiger partial charge in [-0.2, -0.15) is 15.2 Å². The number of hydrogen-bond donors (Lipinski definition) is 3. The zero-order valence-corrected chi connectivity index (χ0v) is 19.7. The van der Waals surface area contributed by atoms with Gasteiger partial charge < -0.3 is 14.9 Å². The summed E-state index contributed by atoms with van der Waals surface area (Å²) in [5.74, 6) is -0.119. The van der Waals surface area contributed by atoms with Gasteiger partial charge in [0.1, 0.15) is 11.5 Å². The molecule has 1 saturated carbocycles. The van der Waals surface area contributed by atoms with E-state index in [0.717, 1.165) is 24.0 Å². The van der Waals surface area contributed by atoms with Crippen LogP contribution in [0.25, 0.3) is 11.1 Å². The first-order chi connectivity index (χ1) is 17.3. The Morgan fingerprint density at radius 3 is 2.58 bits per heavy atom. The number of aromatic hydroxyl groups is 1. The largest absolute Gasteiger partial charge is 0.511 e. The number of ether oxygens (including phenoxy) is 1. The lowest BCUT2D eigenvalue weighted by molar-refractivity contribution is -0.112. The Balaban J connectivity index is 1.43. The number of aryl methyl sites for hydroxylation is 2. The van der Waals surface area contributed by atoms with Gasteiger partial charge in [-0.3, -0.25) is 10.2 Å². The van der Waals surface area contributed by atoms with Crippen LogP contribution in [0.3, 0.4) is 0 Å². The molecule has 5 rings (SSSR count). The third-order valence-electron chi connectivity index (χ3n) is 6.22. The van der Waals surface area contributed by atoms with Crippen LogP contribution < -0.4 is 15.2 Å². The number of rotatable bonds is 6. The fourth-order valence-electron chi connectivity index (χ4n) is 3.99. The molecule has 3 N–H and O–H groups in total. The number of para-hydroxylation sites is 1. The van der Waals surface area contributed by atoms with Crippen molar-refractivity contribution in [1.29, 1.82) is 0 Å². The Morgan fingerprint density at radius 2 is 1.86 bits per heavy atom. The fourth-order valence-corrected chi connectivity index (χ4v) is 3.99.